The molecule has 0 saturated carbocycles. The van der Waals surface area contributed by atoms with Crippen LogP contribution in [0.25, 0.3) is 0 Å². The molecule has 1 aromatic rings. The molecule has 10 heteroatoms. The minimum Gasteiger partial charge on any atom is -0.453 e. The third-order valence-corrected chi connectivity index (χ3v) is 4.45. The van der Waals surface area contributed by atoms with Crippen LogP contribution < -0.4 is 16.0 Å². The number of aliphatic imine (C=N–C) groups is 1. The molecule has 1 aliphatic rings. The summed E-state index contributed by atoms with van der Waals surface area (Å²) in [6, 6.07) is 7.39. The second-order valence-electron chi connectivity index (χ2n) is 7.25. The minimum absolute atomic E-state index is 0. The third kappa shape index (κ3) is 9.92. The van der Waals surface area contributed by atoms with E-state index in [1.54, 1.807) is 12.1 Å². The molecule has 1 unspecified atom stereocenters. The summed E-state index contributed by atoms with van der Waals surface area (Å²) in [5.74, 6) is 0.645. The van der Waals surface area contributed by atoms with E-state index in [4.69, 9.17) is 4.74 Å². The first-order chi connectivity index (χ1) is 13.9. The lowest BCUT2D eigenvalue weighted by molar-refractivity contribution is -0.0201. The highest BCUT2D eigenvalue weighted by Gasteiger charge is 2.25. The SMILES string of the molecule is CCNC(=NCc1ccc(NC(=O)OC)cc1)NCC(C)(O)CN1CCOCC1.I. The summed E-state index contributed by atoms with van der Waals surface area (Å²) in [5.41, 5.74) is 0.779. The molecule has 1 heterocycles. The minimum atomic E-state index is -0.880. The number of carbonyl (C=O) groups excluding carboxylic acids is 1. The van der Waals surface area contributed by atoms with Gasteiger partial charge >= 0.3 is 6.09 Å². The van der Waals surface area contributed by atoms with E-state index in [1.165, 1.54) is 7.11 Å². The number of morpholine rings is 1. The van der Waals surface area contributed by atoms with Gasteiger partial charge in [-0.2, -0.15) is 0 Å². The normalized spacial score (nSPS) is 16.7. The van der Waals surface area contributed by atoms with Crippen molar-refractivity contribution in [2.45, 2.75) is 26.0 Å². The lowest BCUT2D eigenvalue weighted by Gasteiger charge is -2.34. The van der Waals surface area contributed by atoms with Crippen LogP contribution in [0.5, 0.6) is 0 Å². The van der Waals surface area contributed by atoms with E-state index >= 15 is 0 Å². The van der Waals surface area contributed by atoms with Gasteiger partial charge in [0.15, 0.2) is 5.96 Å². The Morgan fingerprint density at radius 1 is 1.27 bits per heavy atom. The number of guanidine groups is 1. The number of hydrogen-bond acceptors (Lipinski definition) is 6. The number of ether oxygens (including phenoxy) is 2. The molecule has 0 bridgehead atoms. The molecule has 1 atom stereocenters. The molecule has 0 aromatic heterocycles. The standard InChI is InChI=1S/C20H33N5O4.HI/c1-4-21-18(23-14-20(2,27)15-25-9-11-29-12-10-25)22-13-16-5-7-17(8-6-16)24-19(26)28-3;/h5-8,27H,4,9-15H2,1-3H3,(H,24,26)(H2,21,22,23);1H. The van der Waals surface area contributed by atoms with Gasteiger partial charge in [0.05, 0.1) is 32.5 Å². The third-order valence-electron chi connectivity index (χ3n) is 4.45. The van der Waals surface area contributed by atoms with Gasteiger partial charge in [0, 0.05) is 38.4 Å². The molecule has 1 saturated heterocycles. The zero-order valence-corrected chi connectivity index (χ0v) is 20.3. The maximum atomic E-state index is 11.2. The molecular formula is C20H34IN5O4. The Labute approximate surface area is 195 Å². The monoisotopic (exact) mass is 535 g/mol. The number of amides is 1. The van der Waals surface area contributed by atoms with Gasteiger partial charge < -0.3 is 25.2 Å². The smallest absolute Gasteiger partial charge is 0.411 e. The molecule has 0 spiro atoms. The van der Waals surface area contributed by atoms with Crippen molar-refractivity contribution >= 4 is 41.7 Å². The fourth-order valence-electron chi connectivity index (χ4n) is 2.95. The zero-order valence-electron chi connectivity index (χ0n) is 17.9. The van der Waals surface area contributed by atoms with Crippen LogP contribution in [0.1, 0.15) is 19.4 Å². The van der Waals surface area contributed by atoms with Crippen molar-refractivity contribution in [1.82, 2.24) is 15.5 Å². The van der Waals surface area contributed by atoms with Crippen molar-refractivity contribution < 1.29 is 19.4 Å². The number of β-amino-alcohol motifs (C(OH)–C–C–N with tert-alkyl or cyclic N) is 1. The van der Waals surface area contributed by atoms with E-state index < -0.39 is 11.7 Å². The van der Waals surface area contributed by atoms with Crippen LogP contribution in [0.3, 0.4) is 0 Å². The Bertz CT molecular complexity index is 664. The molecule has 1 aliphatic heterocycles. The predicted octanol–water partition coefficient (Wildman–Crippen LogP) is 1.62. The first-order valence-corrected chi connectivity index (χ1v) is 9.90. The van der Waals surface area contributed by atoms with Gasteiger partial charge in [-0.05, 0) is 31.5 Å². The van der Waals surface area contributed by atoms with Gasteiger partial charge in [-0.3, -0.25) is 10.2 Å². The highest BCUT2D eigenvalue weighted by atomic mass is 127. The van der Waals surface area contributed by atoms with Crippen molar-refractivity contribution in [1.29, 1.82) is 0 Å². The number of methoxy groups -OCH3 is 1. The summed E-state index contributed by atoms with van der Waals surface area (Å²) in [5, 5.41) is 19.8. The average Bonchev–Trinajstić information content (AvgIpc) is 2.71. The summed E-state index contributed by atoms with van der Waals surface area (Å²) < 4.78 is 9.93. The van der Waals surface area contributed by atoms with Crippen LogP contribution in [0.2, 0.25) is 0 Å². The quantitative estimate of drug-likeness (QED) is 0.228. The molecule has 1 amide bonds. The summed E-state index contributed by atoms with van der Waals surface area (Å²) in [4.78, 5) is 18.0. The Kier molecular flexibility index (Phi) is 12.0. The van der Waals surface area contributed by atoms with E-state index in [0.29, 0.717) is 44.5 Å². The fraction of sp³-hybridized carbons (Fsp3) is 0.600. The molecule has 30 heavy (non-hydrogen) atoms. The van der Waals surface area contributed by atoms with Crippen molar-refractivity contribution in [3.05, 3.63) is 29.8 Å². The second kappa shape index (κ2) is 13.6. The lowest BCUT2D eigenvalue weighted by atomic mass is 10.1. The molecule has 2 rings (SSSR count). The molecule has 1 fully saturated rings. The van der Waals surface area contributed by atoms with Gasteiger partial charge in [-0.1, -0.05) is 12.1 Å². The second-order valence-corrected chi connectivity index (χ2v) is 7.25. The molecule has 9 nitrogen and oxygen atoms in total. The van der Waals surface area contributed by atoms with Crippen LogP contribution in [-0.2, 0) is 16.0 Å². The molecule has 0 radical (unpaired) electrons. The van der Waals surface area contributed by atoms with Crippen LogP contribution in [0.4, 0.5) is 10.5 Å². The van der Waals surface area contributed by atoms with E-state index in [9.17, 15) is 9.90 Å². The van der Waals surface area contributed by atoms with Crippen molar-refractivity contribution in [3.8, 4) is 0 Å². The number of nitrogens with zero attached hydrogens (tertiary/aromatic N) is 2. The molecule has 4 N–H and O–H groups in total. The maximum absolute atomic E-state index is 11.2. The van der Waals surface area contributed by atoms with E-state index in [1.807, 2.05) is 26.0 Å². The summed E-state index contributed by atoms with van der Waals surface area (Å²) in [6.45, 7) is 9.08. The van der Waals surface area contributed by atoms with E-state index in [2.05, 4.69) is 30.6 Å². The zero-order chi connectivity index (χ0) is 21.1. The number of halogens is 1. The first kappa shape index (κ1) is 26.4. The van der Waals surface area contributed by atoms with Crippen molar-refractivity contribution in [3.63, 3.8) is 0 Å². The number of nitrogens with one attached hydrogen (secondary N) is 3. The van der Waals surface area contributed by atoms with Gasteiger partial charge in [-0.15, -0.1) is 24.0 Å². The van der Waals surface area contributed by atoms with Crippen LogP contribution in [0, 0.1) is 0 Å². The Morgan fingerprint density at radius 2 is 1.93 bits per heavy atom. The van der Waals surface area contributed by atoms with Gasteiger partial charge in [0.1, 0.15) is 0 Å². The van der Waals surface area contributed by atoms with E-state index in [0.717, 1.165) is 25.2 Å². The maximum Gasteiger partial charge on any atom is 0.411 e. The Balaban J connectivity index is 0.00000450. The Morgan fingerprint density at radius 3 is 2.53 bits per heavy atom. The molecule has 0 aliphatic carbocycles. The highest BCUT2D eigenvalue weighted by molar-refractivity contribution is 14.0. The highest BCUT2D eigenvalue weighted by Crippen LogP contribution is 2.11. The fourth-order valence-corrected chi connectivity index (χ4v) is 2.95. The van der Waals surface area contributed by atoms with E-state index in [-0.39, 0.29) is 24.0 Å². The van der Waals surface area contributed by atoms with Crippen molar-refractivity contribution in [2.75, 3.05) is 58.4 Å². The summed E-state index contributed by atoms with van der Waals surface area (Å²) >= 11 is 0. The van der Waals surface area contributed by atoms with Gasteiger partial charge in [0.2, 0.25) is 0 Å². The van der Waals surface area contributed by atoms with Crippen LogP contribution in [-0.4, -0.2) is 80.7 Å². The van der Waals surface area contributed by atoms with Gasteiger partial charge in [0.25, 0.3) is 0 Å². The Hall–Kier alpha value is -1.63. The van der Waals surface area contributed by atoms with Crippen molar-refractivity contribution in [2.24, 2.45) is 4.99 Å². The summed E-state index contributed by atoms with van der Waals surface area (Å²) in [7, 11) is 1.33. The van der Waals surface area contributed by atoms with Crippen LogP contribution in [0.15, 0.2) is 29.3 Å². The number of benzene rings is 1. The predicted molar refractivity (Wildman–Crippen MR) is 129 cm³/mol. The largest absolute Gasteiger partial charge is 0.453 e. The number of rotatable bonds is 8. The molecular weight excluding hydrogens is 501 g/mol. The topological polar surface area (TPSA) is 107 Å². The number of aliphatic hydroxyl groups is 1. The average molecular weight is 535 g/mol. The lowest BCUT2D eigenvalue weighted by Crippen LogP contribution is -2.52. The number of anilines is 1. The first-order valence-electron chi connectivity index (χ1n) is 9.90. The van der Waals surface area contributed by atoms with Gasteiger partial charge in [-0.25, -0.2) is 9.79 Å². The molecule has 170 valence electrons. The summed E-state index contributed by atoms with van der Waals surface area (Å²) in [6.07, 6.45) is -0.501. The molecule has 1 aromatic carbocycles. The van der Waals surface area contributed by atoms with Crippen LogP contribution >= 0.6 is 24.0 Å². The number of hydrogen-bond donors (Lipinski definition) is 4. The number of carbonyl (C=O) groups is 1.